The van der Waals surface area contributed by atoms with Crippen LogP contribution >= 0.6 is 11.8 Å². The zero-order chi connectivity index (χ0) is 24.9. The number of methoxy groups -OCH3 is 2. The number of hydrogen-bond donors (Lipinski definition) is 1. The van der Waals surface area contributed by atoms with Gasteiger partial charge in [-0.05, 0) is 55.5 Å². The Labute approximate surface area is 205 Å². The molecule has 1 heterocycles. The van der Waals surface area contributed by atoms with Gasteiger partial charge in [0.2, 0.25) is 5.91 Å². The van der Waals surface area contributed by atoms with Gasteiger partial charge in [-0.1, -0.05) is 23.9 Å². The Balaban J connectivity index is 1.66. The predicted molar refractivity (Wildman–Crippen MR) is 136 cm³/mol. The molecule has 0 aliphatic rings. The van der Waals surface area contributed by atoms with Crippen molar-refractivity contribution < 1.29 is 19.1 Å². The summed E-state index contributed by atoms with van der Waals surface area (Å²) in [4.78, 5) is 42.2. The van der Waals surface area contributed by atoms with Crippen LogP contribution in [0.5, 0.6) is 11.5 Å². The third kappa shape index (κ3) is 5.20. The van der Waals surface area contributed by atoms with E-state index in [9.17, 15) is 14.4 Å². The van der Waals surface area contributed by atoms with Gasteiger partial charge in [0.25, 0.3) is 5.56 Å². The van der Waals surface area contributed by atoms with E-state index in [-0.39, 0.29) is 23.0 Å². The number of aromatic nitrogens is 2. The number of ether oxygens (including phenoxy) is 2. The first-order valence-corrected chi connectivity index (χ1v) is 11.7. The Bertz CT molecular complexity index is 1460. The fraction of sp³-hybridized carbons (Fsp3) is 0.154. The van der Waals surface area contributed by atoms with Gasteiger partial charge in [0.15, 0.2) is 22.4 Å². The second-order valence-electron chi connectivity index (χ2n) is 7.56. The summed E-state index contributed by atoms with van der Waals surface area (Å²) in [6, 6.07) is 18.9. The molecule has 0 saturated carbocycles. The van der Waals surface area contributed by atoms with Gasteiger partial charge in [-0.25, -0.2) is 4.98 Å². The van der Waals surface area contributed by atoms with E-state index in [1.807, 2.05) is 0 Å². The first-order valence-electron chi connectivity index (χ1n) is 10.7. The molecular formula is C26H23N3O5S. The number of thioether (sulfide) groups is 1. The van der Waals surface area contributed by atoms with E-state index < -0.39 is 0 Å². The number of nitrogens with zero attached hydrogens (tertiary/aromatic N) is 2. The zero-order valence-corrected chi connectivity index (χ0v) is 20.2. The molecule has 0 saturated heterocycles. The number of anilines is 1. The summed E-state index contributed by atoms with van der Waals surface area (Å²) < 4.78 is 12.2. The van der Waals surface area contributed by atoms with Gasteiger partial charge in [-0.2, -0.15) is 0 Å². The van der Waals surface area contributed by atoms with Gasteiger partial charge in [-0.15, -0.1) is 0 Å². The van der Waals surface area contributed by atoms with Crippen LogP contribution in [0.2, 0.25) is 0 Å². The number of ketones is 1. The van der Waals surface area contributed by atoms with Gasteiger partial charge < -0.3 is 14.8 Å². The van der Waals surface area contributed by atoms with Gasteiger partial charge in [-0.3, -0.25) is 19.0 Å². The quantitative estimate of drug-likeness (QED) is 0.223. The van der Waals surface area contributed by atoms with E-state index in [0.717, 1.165) is 11.8 Å². The number of Topliss-reactive ketones (excluding diaryl/α,β-unsaturated/α-hetero) is 1. The molecule has 1 N–H and O–H groups in total. The van der Waals surface area contributed by atoms with Crippen molar-refractivity contribution in [1.82, 2.24) is 9.55 Å². The van der Waals surface area contributed by atoms with Crippen LogP contribution in [0.1, 0.15) is 17.3 Å². The zero-order valence-electron chi connectivity index (χ0n) is 19.4. The van der Waals surface area contributed by atoms with Crippen LogP contribution in [0.4, 0.5) is 5.69 Å². The average molecular weight is 490 g/mol. The van der Waals surface area contributed by atoms with Crippen LogP contribution in [0.15, 0.2) is 76.7 Å². The minimum absolute atomic E-state index is 0.0204. The minimum Gasteiger partial charge on any atom is -0.493 e. The van der Waals surface area contributed by atoms with Crippen LogP contribution in [-0.2, 0) is 4.79 Å². The number of carbonyl (C=O) groups is 2. The Morgan fingerprint density at radius 3 is 2.37 bits per heavy atom. The molecule has 3 aromatic carbocycles. The molecule has 8 nitrogen and oxygen atoms in total. The van der Waals surface area contributed by atoms with Crippen LogP contribution in [0.25, 0.3) is 16.6 Å². The average Bonchev–Trinajstić information content (AvgIpc) is 2.87. The standard InChI is InChI=1S/C26H23N3O5S/c1-16(30)17-8-10-18(11-9-17)27-24(31)15-35-26-28-21-7-5-4-6-20(21)25(32)29(26)19-12-13-22(33-2)23(14-19)34-3/h4-14H,15H2,1-3H3,(H,27,31). The van der Waals surface area contributed by atoms with Gasteiger partial charge in [0.05, 0.1) is 36.6 Å². The highest BCUT2D eigenvalue weighted by Crippen LogP contribution is 2.30. The number of carbonyl (C=O) groups excluding carboxylic acids is 2. The molecule has 4 aromatic rings. The third-order valence-electron chi connectivity index (χ3n) is 5.28. The number of benzene rings is 3. The topological polar surface area (TPSA) is 99.5 Å². The monoisotopic (exact) mass is 489 g/mol. The maximum absolute atomic E-state index is 13.4. The Morgan fingerprint density at radius 1 is 0.971 bits per heavy atom. The lowest BCUT2D eigenvalue weighted by Gasteiger charge is -2.15. The summed E-state index contributed by atoms with van der Waals surface area (Å²) in [5, 5.41) is 3.62. The normalized spacial score (nSPS) is 10.7. The molecule has 1 amide bonds. The highest BCUT2D eigenvalue weighted by atomic mass is 32.2. The minimum atomic E-state index is -0.271. The molecule has 0 spiro atoms. The van der Waals surface area contributed by atoms with E-state index in [0.29, 0.717) is 44.5 Å². The maximum Gasteiger partial charge on any atom is 0.266 e. The number of para-hydroxylation sites is 1. The summed E-state index contributed by atoms with van der Waals surface area (Å²) in [5.74, 6) is 0.697. The highest BCUT2D eigenvalue weighted by molar-refractivity contribution is 7.99. The van der Waals surface area contributed by atoms with Crippen molar-refractivity contribution in [3.8, 4) is 17.2 Å². The lowest BCUT2D eigenvalue weighted by Crippen LogP contribution is -2.23. The Kier molecular flexibility index (Phi) is 7.17. The van der Waals surface area contributed by atoms with Crippen molar-refractivity contribution in [2.24, 2.45) is 0 Å². The molecule has 0 radical (unpaired) electrons. The van der Waals surface area contributed by atoms with Crippen molar-refractivity contribution in [3.05, 3.63) is 82.6 Å². The summed E-state index contributed by atoms with van der Waals surface area (Å²) in [6.07, 6.45) is 0. The largest absolute Gasteiger partial charge is 0.493 e. The predicted octanol–water partition coefficient (Wildman–Crippen LogP) is 4.34. The fourth-order valence-corrected chi connectivity index (χ4v) is 4.33. The lowest BCUT2D eigenvalue weighted by molar-refractivity contribution is -0.113. The van der Waals surface area contributed by atoms with Crippen molar-refractivity contribution in [2.45, 2.75) is 12.1 Å². The molecule has 0 atom stereocenters. The van der Waals surface area contributed by atoms with Crippen molar-refractivity contribution >= 4 is 40.0 Å². The lowest BCUT2D eigenvalue weighted by atomic mass is 10.1. The highest BCUT2D eigenvalue weighted by Gasteiger charge is 2.17. The molecule has 0 aliphatic heterocycles. The van der Waals surface area contributed by atoms with E-state index in [4.69, 9.17) is 9.47 Å². The molecule has 0 bridgehead atoms. The summed E-state index contributed by atoms with van der Waals surface area (Å²) in [6.45, 7) is 1.48. The molecule has 35 heavy (non-hydrogen) atoms. The number of rotatable bonds is 8. The second kappa shape index (κ2) is 10.4. The Morgan fingerprint density at radius 2 is 1.69 bits per heavy atom. The van der Waals surface area contributed by atoms with E-state index in [1.165, 1.54) is 25.7 Å². The number of nitrogens with one attached hydrogen (secondary N) is 1. The first kappa shape index (κ1) is 24.0. The fourth-order valence-electron chi connectivity index (χ4n) is 3.52. The van der Waals surface area contributed by atoms with Crippen molar-refractivity contribution in [2.75, 3.05) is 25.3 Å². The van der Waals surface area contributed by atoms with Crippen LogP contribution in [-0.4, -0.2) is 41.2 Å². The van der Waals surface area contributed by atoms with E-state index in [1.54, 1.807) is 66.7 Å². The molecule has 178 valence electrons. The summed E-state index contributed by atoms with van der Waals surface area (Å²) >= 11 is 1.14. The van der Waals surface area contributed by atoms with Crippen LogP contribution in [0, 0.1) is 0 Å². The number of fused-ring (bicyclic) bond motifs is 1. The van der Waals surface area contributed by atoms with Gasteiger partial charge in [0.1, 0.15) is 0 Å². The number of hydrogen-bond acceptors (Lipinski definition) is 7. The maximum atomic E-state index is 13.4. The molecule has 4 rings (SSSR count). The Hall–Kier alpha value is -4.11. The SMILES string of the molecule is COc1ccc(-n2c(SCC(=O)Nc3ccc(C(C)=O)cc3)nc3ccccc3c2=O)cc1OC. The number of amides is 1. The molecule has 0 unspecified atom stereocenters. The first-order chi connectivity index (χ1) is 16.9. The smallest absolute Gasteiger partial charge is 0.266 e. The van der Waals surface area contributed by atoms with Crippen molar-refractivity contribution in [3.63, 3.8) is 0 Å². The third-order valence-corrected chi connectivity index (χ3v) is 6.22. The van der Waals surface area contributed by atoms with E-state index >= 15 is 0 Å². The van der Waals surface area contributed by atoms with Gasteiger partial charge >= 0.3 is 0 Å². The van der Waals surface area contributed by atoms with Gasteiger partial charge in [0, 0.05) is 17.3 Å². The molecule has 0 fully saturated rings. The molecule has 9 heteroatoms. The summed E-state index contributed by atoms with van der Waals surface area (Å²) in [7, 11) is 3.06. The molecule has 1 aromatic heterocycles. The molecular weight excluding hydrogens is 466 g/mol. The van der Waals surface area contributed by atoms with E-state index in [2.05, 4.69) is 10.3 Å². The summed E-state index contributed by atoms with van der Waals surface area (Å²) in [5.41, 5.74) is 1.96. The second-order valence-corrected chi connectivity index (χ2v) is 8.50. The van der Waals surface area contributed by atoms with Crippen LogP contribution in [0.3, 0.4) is 0 Å². The van der Waals surface area contributed by atoms with Crippen molar-refractivity contribution in [1.29, 1.82) is 0 Å². The molecule has 0 aliphatic carbocycles. The van der Waals surface area contributed by atoms with Crippen LogP contribution < -0.4 is 20.3 Å².